The zero-order chi connectivity index (χ0) is 26.0. The van der Waals surface area contributed by atoms with Crippen LogP contribution in [-0.2, 0) is 9.53 Å². The third-order valence-electron chi connectivity index (χ3n) is 5.70. The molecular formula is C26H25ClN2O6S. The first-order valence-corrected chi connectivity index (χ1v) is 12.3. The number of nitrogens with zero attached hydrogens (tertiary/aromatic N) is 2. The fourth-order valence-corrected chi connectivity index (χ4v) is 5.34. The highest BCUT2D eigenvalue weighted by Gasteiger charge is 2.35. The van der Waals surface area contributed by atoms with E-state index in [1.807, 2.05) is 19.1 Å². The molecule has 2 heterocycles. The number of rotatable bonds is 7. The van der Waals surface area contributed by atoms with Crippen molar-refractivity contribution in [2.75, 3.05) is 27.9 Å². The van der Waals surface area contributed by atoms with E-state index in [1.54, 1.807) is 44.4 Å². The molecule has 1 aromatic heterocycles. The third-order valence-corrected chi connectivity index (χ3v) is 6.92. The minimum absolute atomic E-state index is 0.236. The molecule has 8 nitrogen and oxygen atoms in total. The van der Waals surface area contributed by atoms with Crippen LogP contribution in [0.1, 0.15) is 31.0 Å². The van der Waals surface area contributed by atoms with E-state index in [0.717, 1.165) is 5.56 Å². The van der Waals surface area contributed by atoms with Crippen molar-refractivity contribution in [3.63, 3.8) is 0 Å². The Labute approximate surface area is 216 Å². The number of halogens is 1. The van der Waals surface area contributed by atoms with E-state index in [2.05, 4.69) is 4.99 Å². The number of allylic oxidation sites excluding steroid dienone is 1. The fraction of sp³-hybridized carbons (Fsp3) is 0.269. The van der Waals surface area contributed by atoms with Crippen LogP contribution in [0.3, 0.4) is 0 Å². The maximum absolute atomic E-state index is 13.8. The van der Waals surface area contributed by atoms with Gasteiger partial charge in [0.2, 0.25) is 0 Å². The number of aromatic nitrogens is 1. The number of benzene rings is 2. The first kappa shape index (κ1) is 25.5. The Hall–Kier alpha value is -3.56. The Morgan fingerprint density at radius 3 is 2.50 bits per heavy atom. The predicted octanol–water partition coefficient (Wildman–Crippen LogP) is 3.48. The number of hydrogen-bond donors (Lipinski definition) is 0. The Morgan fingerprint density at radius 2 is 1.83 bits per heavy atom. The molecule has 36 heavy (non-hydrogen) atoms. The molecular weight excluding hydrogens is 504 g/mol. The third kappa shape index (κ3) is 4.64. The minimum atomic E-state index is -0.834. The predicted molar refractivity (Wildman–Crippen MR) is 138 cm³/mol. The molecule has 4 rings (SSSR count). The number of carbonyl (C=O) groups is 1. The molecule has 0 aliphatic carbocycles. The van der Waals surface area contributed by atoms with Crippen molar-refractivity contribution in [3.8, 4) is 17.2 Å². The number of carbonyl (C=O) groups excluding carboxylic acids is 1. The van der Waals surface area contributed by atoms with Gasteiger partial charge in [-0.2, -0.15) is 0 Å². The Bertz CT molecular complexity index is 1540. The van der Waals surface area contributed by atoms with Crippen molar-refractivity contribution in [2.45, 2.75) is 19.9 Å². The van der Waals surface area contributed by atoms with Gasteiger partial charge in [-0.1, -0.05) is 29.0 Å². The summed E-state index contributed by atoms with van der Waals surface area (Å²) in [5, 5.41) is 0.438. The summed E-state index contributed by atoms with van der Waals surface area (Å²) in [5.74, 6) is 1.06. The van der Waals surface area contributed by atoms with Crippen LogP contribution in [0, 0.1) is 0 Å². The summed E-state index contributed by atoms with van der Waals surface area (Å²) in [4.78, 5) is 31.6. The monoisotopic (exact) mass is 528 g/mol. The lowest BCUT2D eigenvalue weighted by molar-refractivity contribution is -0.136. The van der Waals surface area contributed by atoms with Crippen LogP contribution in [0.5, 0.6) is 17.2 Å². The molecule has 0 spiro atoms. The number of methoxy groups -OCH3 is 3. The molecule has 0 radical (unpaired) electrons. The lowest BCUT2D eigenvalue weighted by atomic mass is 9.95. The standard InChI is InChI=1S/C26H25ClN2O6S/c1-6-35-20-11-15(7-9-19(20)33-4)12-21-24(30)29-23(17-13-16(27)8-10-18(17)32-3)22(25(31)34-5)14(2)28-26(29)36-21/h7-13,23H,6H2,1-5H3/b21-12-/t23-/m0/s1. The maximum Gasteiger partial charge on any atom is 0.338 e. The van der Waals surface area contributed by atoms with Gasteiger partial charge in [-0.15, -0.1) is 0 Å². The van der Waals surface area contributed by atoms with Gasteiger partial charge in [-0.25, -0.2) is 9.79 Å². The molecule has 0 unspecified atom stereocenters. The SMILES string of the molecule is CCOc1cc(/C=c2\sc3n(c2=O)[C@@H](c2cc(Cl)ccc2OC)C(C(=O)OC)=C(C)N=3)ccc1OC. The summed E-state index contributed by atoms with van der Waals surface area (Å²) in [6.07, 6.45) is 1.76. The highest BCUT2D eigenvalue weighted by atomic mass is 35.5. The van der Waals surface area contributed by atoms with E-state index < -0.39 is 12.0 Å². The molecule has 0 bridgehead atoms. The van der Waals surface area contributed by atoms with Crippen LogP contribution < -0.4 is 29.1 Å². The van der Waals surface area contributed by atoms with Gasteiger partial charge in [-0.3, -0.25) is 9.36 Å². The average molecular weight is 529 g/mol. The fourth-order valence-electron chi connectivity index (χ4n) is 4.11. The second-order valence-corrected chi connectivity index (χ2v) is 9.25. The molecule has 1 aliphatic rings. The molecule has 2 aromatic carbocycles. The van der Waals surface area contributed by atoms with Crippen molar-refractivity contribution in [3.05, 3.63) is 83.5 Å². The van der Waals surface area contributed by atoms with Gasteiger partial charge >= 0.3 is 5.97 Å². The van der Waals surface area contributed by atoms with Gasteiger partial charge < -0.3 is 18.9 Å². The van der Waals surface area contributed by atoms with E-state index >= 15 is 0 Å². The number of thiazole rings is 1. The molecule has 0 fully saturated rings. The van der Waals surface area contributed by atoms with Gasteiger partial charge in [0, 0.05) is 10.6 Å². The maximum atomic E-state index is 13.8. The summed E-state index contributed by atoms with van der Waals surface area (Å²) in [5.41, 5.74) is 1.68. The van der Waals surface area contributed by atoms with Gasteiger partial charge in [0.25, 0.3) is 5.56 Å². The zero-order valence-electron chi connectivity index (χ0n) is 20.5. The van der Waals surface area contributed by atoms with Gasteiger partial charge in [0.05, 0.1) is 43.7 Å². The van der Waals surface area contributed by atoms with Crippen LogP contribution >= 0.6 is 22.9 Å². The lowest BCUT2D eigenvalue weighted by Gasteiger charge is -2.25. The van der Waals surface area contributed by atoms with Crippen LogP contribution in [0.2, 0.25) is 5.02 Å². The molecule has 3 aromatic rings. The molecule has 0 amide bonds. The summed E-state index contributed by atoms with van der Waals surface area (Å²) in [7, 11) is 4.38. The highest BCUT2D eigenvalue weighted by molar-refractivity contribution is 7.07. The first-order valence-electron chi connectivity index (χ1n) is 11.1. The Balaban J connectivity index is 1.97. The molecule has 0 N–H and O–H groups in total. The van der Waals surface area contributed by atoms with Crippen LogP contribution in [0.4, 0.5) is 0 Å². The van der Waals surface area contributed by atoms with Crippen LogP contribution in [-0.4, -0.2) is 38.5 Å². The number of esters is 1. The van der Waals surface area contributed by atoms with Crippen LogP contribution in [0.25, 0.3) is 6.08 Å². The van der Waals surface area contributed by atoms with E-state index in [1.165, 1.54) is 30.1 Å². The summed E-state index contributed by atoms with van der Waals surface area (Å²) in [6, 6.07) is 9.66. The number of hydrogen-bond acceptors (Lipinski definition) is 8. The van der Waals surface area contributed by atoms with Crippen molar-refractivity contribution in [2.24, 2.45) is 4.99 Å². The molecule has 10 heteroatoms. The van der Waals surface area contributed by atoms with E-state index in [0.29, 0.717) is 49.5 Å². The van der Waals surface area contributed by atoms with E-state index in [9.17, 15) is 9.59 Å². The Kier molecular flexibility index (Phi) is 7.51. The highest BCUT2D eigenvalue weighted by Crippen LogP contribution is 2.37. The molecule has 0 saturated heterocycles. The quantitative estimate of drug-likeness (QED) is 0.436. The molecule has 0 saturated carbocycles. The lowest BCUT2D eigenvalue weighted by Crippen LogP contribution is -2.40. The average Bonchev–Trinajstić information content (AvgIpc) is 3.17. The van der Waals surface area contributed by atoms with Crippen molar-refractivity contribution in [1.82, 2.24) is 4.57 Å². The van der Waals surface area contributed by atoms with Crippen molar-refractivity contribution < 1.29 is 23.7 Å². The van der Waals surface area contributed by atoms with Crippen molar-refractivity contribution >= 4 is 35.0 Å². The van der Waals surface area contributed by atoms with E-state index in [-0.39, 0.29) is 11.1 Å². The van der Waals surface area contributed by atoms with Gasteiger partial charge in [0.1, 0.15) is 11.8 Å². The first-order chi connectivity index (χ1) is 17.3. The zero-order valence-corrected chi connectivity index (χ0v) is 22.0. The van der Waals surface area contributed by atoms with Crippen LogP contribution in [0.15, 0.2) is 57.5 Å². The largest absolute Gasteiger partial charge is 0.496 e. The topological polar surface area (TPSA) is 88.4 Å². The summed E-state index contributed by atoms with van der Waals surface area (Å²) in [6.45, 7) is 4.07. The minimum Gasteiger partial charge on any atom is -0.496 e. The van der Waals surface area contributed by atoms with Gasteiger partial charge in [-0.05, 0) is 55.8 Å². The smallest absolute Gasteiger partial charge is 0.338 e. The van der Waals surface area contributed by atoms with Crippen molar-refractivity contribution in [1.29, 1.82) is 0 Å². The number of fused-ring (bicyclic) bond motifs is 1. The van der Waals surface area contributed by atoms with E-state index in [4.69, 9.17) is 30.5 Å². The normalized spacial score (nSPS) is 15.3. The second-order valence-electron chi connectivity index (χ2n) is 7.80. The van der Waals surface area contributed by atoms with Gasteiger partial charge in [0.15, 0.2) is 16.3 Å². The molecule has 1 atom stereocenters. The summed E-state index contributed by atoms with van der Waals surface area (Å²) < 4.78 is 23.6. The number of ether oxygens (including phenoxy) is 4. The molecule has 1 aliphatic heterocycles. The Morgan fingerprint density at radius 1 is 1.11 bits per heavy atom. The summed E-state index contributed by atoms with van der Waals surface area (Å²) >= 11 is 7.53. The molecule has 188 valence electrons. The second kappa shape index (κ2) is 10.6.